The Morgan fingerprint density at radius 3 is 2.74 bits per heavy atom. The van der Waals surface area contributed by atoms with E-state index >= 15 is 0 Å². The van der Waals surface area contributed by atoms with Gasteiger partial charge in [0.05, 0.1) is 6.10 Å². The zero-order valence-corrected chi connectivity index (χ0v) is 20.7. The molecule has 34 heavy (non-hydrogen) atoms. The first kappa shape index (κ1) is 22.3. The molecule has 4 aliphatic carbocycles. The Labute approximate surface area is 203 Å². The van der Waals surface area contributed by atoms with Crippen LogP contribution in [0.3, 0.4) is 0 Å². The van der Waals surface area contributed by atoms with Crippen molar-refractivity contribution in [2.24, 2.45) is 28.6 Å². The molecule has 4 nitrogen and oxygen atoms in total. The third kappa shape index (κ3) is 3.44. The van der Waals surface area contributed by atoms with Crippen molar-refractivity contribution in [2.45, 2.75) is 83.9 Å². The first-order valence-electron chi connectivity index (χ1n) is 13.4. The molecule has 6 rings (SSSR count). The summed E-state index contributed by atoms with van der Waals surface area (Å²) in [6.45, 7) is 5.46. The van der Waals surface area contributed by atoms with Crippen molar-refractivity contribution in [3.8, 4) is 0 Å². The van der Waals surface area contributed by atoms with E-state index in [-0.39, 0.29) is 11.9 Å². The van der Waals surface area contributed by atoms with Crippen LogP contribution in [-0.2, 0) is 6.54 Å². The van der Waals surface area contributed by atoms with Gasteiger partial charge in [0.25, 0.3) is 0 Å². The van der Waals surface area contributed by atoms with Crippen LogP contribution in [-0.4, -0.2) is 21.6 Å². The highest BCUT2D eigenvalue weighted by Gasteiger charge is 2.60. The number of imidazole rings is 1. The van der Waals surface area contributed by atoms with Gasteiger partial charge < -0.3 is 5.11 Å². The molecule has 1 aromatic carbocycles. The summed E-state index contributed by atoms with van der Waals surface area (Å²) in [6, 6.07) is 10.1. The van der Waals surface area contributed by atoms with Crippen LogP contribution < -0.4 is 4.57 Å². The molecule has 0 radical (unpaired) electrons. The zero-order chi connectivity index (χ0) is 23.5. The molecule has 3 fully saturated rings. The maximum Gasteiger partial charge on any atom is 0.244 e. The van der Waals surface area contributed by atoms with Gasteiger partial charge in [0, 0.05) is 11.0 Å². The quantitative estimate of drug-likeness (QED) is 0.372. The zero-order valence-electron chi connectivity index (χ0n) is 20.7. The van der Waals surface area contributed by atoms with Crippen molar-refractivity contribution in [3.05, 3.63) is 66.3 Å². The van der Waals surface area contributed by atoms with E-state index in [9.17, 15) is 9.90 Å². The Bertz CT molecular complexity index is 1100. The van der Waals surface area contributed by atoms with Gasteiger partial charge in [-0.05, 0) is 74.5 Å². The highest BCUT2D eigenvalue weighted by molar-refractivity contribution is 5.94. The molecule has 0 spiro atoms. The van der Waals surface area contributed by atoms with E-state index in [1.165, 1.54) is 32.1 Å². The van der Waals surface area contributed by atoms with E-state index in [1.807, 2.05) is 30.3 Å². The molecule has 0 aliphatic heterocycles. The fourth-order valence-corrected chi connectivity index (χ4v) is 8.67. The Morgan fingerprint density at radius 2 is 1.91 bits per heavy atom. The average Bonchev–Trinajstić information content (AvgIpc) is 3.43. The minimum atomic E-state index is -0.130. The van der Waals surface area contributed by atoms with Crippen molar-refractivity contribution >= 4 is 5.78 Å². The Balaban J connectivity index is 1.21. The number of Topliss-reactive ketones (excluding diaryl/α,β-unsaturated/α-hetero) is 1. The predicted octanol–water partition coefficient (Wildman–Crippen LogP) is 5.52. The monoisotopic (exact) mass is 459 g/mol. The van der Waals surface area contributed by atoms with Gasteiger partial charge in [-0.15, -0.1) is 0 Å². The van der Waals surface area contributed by atoms with Crippen molar-refractivity contribution in [1.82, 2.24) is 4.57 Å². The van der Waals surface area contributed by atoms with Crippen molar-refractivity contribution in [2.75, 3.05) is 0 Å². The first-order chi connectivity index (χ1) is 16.4. The molecule has 2 aromatic rings. The van der Waals surface area contributed by atoms with Crippen molar-refractivity contribution < 1.29 is 14.5 Å². The molecule has 1 heterocycles. The fraction of sp³-hybridized carbons (Fsp3) is 0.600. The summed E-state index contributed by atoms with van der Waals surface area (Å²) < 4.78 is 4.48. The average molecular weight is 460 g/mol. The molecular weight excluding hydrogens is 420 g/mol. The Kier molecular flexibility index (Phi) is 5.36. The van der Waals surface area contributed by atoms with Crippen LogP contribution in [0.4, 0.5) is 0 Å². The smallest absolute Gasteiger partial charge is 0.244 e. The number of aliphatic hydroxyl groups excluding tert-OH is 1. The second-order valence-electron chi connectivity index (χ2n) is 12.1. The number of allylic oxidation sites excluding steroid dienone is 1. The summed E-state index contributed by atoms with van der Waals surface area (Å²) in [5, 5.41) is 10.3. The summed E-state index contributed by atoms with van der Waals surface area (Å²) in [6.07, 6.45) is 18.2. The van der Waals surface area contributed by atoms with E-state index in [0.29, 0.717) is 23.4 Å². The minimum absolute atomic E-state index is 0.130. The number of rotatable bonds is 4. The van der Waals surface area contributed by atoms with Gasteiger partial charge in [-0.3, -0.25) is 4.79 Å². The highest BCUT2D eigenvalue weighted by Crippen LogP contribution is 2.67. The molecule has 0 amide bonds. The van der Waals surface area contributed by atoms with Crippen molar-refractivity contribution in [3.63, 3.8) is 0 Å². The fourth-order valence-electron chi connectivity index (χ4n) is 8.67. The van der Waals surface area contributed by atoms with Crippen LogP contribution in [0.15, 0.2) is 60.7 Å². The van der Waals surface area contributed by atoms with Gasteiger partial charge in [-0.2, -0.15) is 0 Å². The number of hydrogen-bond acceptors (Lipinski definition) is 2. The molecule has 3 saturated carbocycles. The van der Waals surface area contributed by atoms with E-state index in [0.717, 1.165) is 42.6 Å². The van der Waals surface area contributed by atoms with E-state index in [1.54, 1.807) is 5.57 Å². The molecular formula is C30H39N2O2+. The van der Waals surface area contributed by atoms with Gasteiger partial charge >= 0.3 is 0 Å². The highest BCUT2D eigenvalue weighted by atomic mass is 16.3. The second-order valence-corrected chi connectivity index (χ2v) is 12.1. The lowest BCUT2D eigenvalue weighted by molar-refractivity contribution is -0.682. The second kappa shape index (κ2) is 8.19. The van der Waals surface area contributed by atoms with Gasteiger partial charge in [0.2, 0.25) is 12.1 Å². The predicted molar refractivity (Wildman–Crippen MR) is 132 cm³/mol. The lowest BCUT2D eigenvalue weighted by atomic mass is 9.48. The summed E-state index contributed by atoms with van der Waals surface area (Å²) in [5.74, 6) is 2.47. The number of ketones is 1. The lowest BCUT2D eigenvalue weighted by Gasteiger charge is -2.57. The van der Waals surface area contributed by atoms with Crippen molar-refractivity contribution in [1.29, 1.82) is 0 Å². The SMILES string of the molecule is C[C@]12CC[C@H]3[C@@H](CC=C4C[C@@H](O)CC[C@@]43C)[C@@H]1CC[C@@H]2n1cc[n+](CC(=O)c2ccccc2)c1. The van der Waals surface area contributed by atoms with E-state index in [2.05, 4.69) is 47.8 Å². The van der Waals surface area contributed by atoms with Gasteiger partial charge in [0.15, 0.2) is 6.54 Å². The van der Waals surface area contributed by atoms with Gasteiger partial charge in [0.1, 0.15) is 18.4 Å². The van der Waals surface area contributed by atoms with Crippen LogP contribution in [0.2, 0.25) is 0 Å². The number of aromatic nitrogens is 2. The first-order valence-corrected chi connectivity index (χ1v) is 13.4. The summed E-state index contributed by atoms with van der Waals surface area (Å²) in [7, 11) is 0. The number of nitrogens with zero attached hydrogens (tertiary/aromatic N) is 2. The number of carbonyl (C=O) groups excluding carboxylic acids is 1. The molecule has 180 valence electrons. The maximum absolute atomic E-state index is 12.7. The summed E-state index contributed by atoms with van der Waals surface area (Å²) >= 11 is 0. The van der Waals surface area contributed by atoms with E-state index in [4.69, 9.17) is 0 Å². The lowest BCUT2D eigenvalue weighted by Crippen LogP contribution is -2.50. The number of hydrogen-bond donors (Lipinski definition) is 1. The maximum atomic E-state index is 12.7. The Morgan fingerprint density at radius 1 is 1.09 bits per heavy atom. The van der Waals surface area contributed by atoms with Crippen LogP contribution in [0.5, 0.6) is 0 Å². The molecule has 0 unspecified atom stereocenters. The van der Waals surface area contributed by atoms with Gasteiger partial charge in [-0.25, -0.2) is 9.13 Å². The number of aliphatic hydroxyl groups is 1. The summed E-state index contributed by atoms with van der Waals surface area (Å²) in [4.78, 5) is 12.7. The molecule has 0 saturated heterocycles. The number of fused-ring (bicyclic) bond motifs is 5. The third-order valence-electron chi connectivity index (χ3n) is 10.5. The summed E-state index contributed by atoms with van der Waals surface area (Å²) in [5.41, 5.74) is 2.95. The standard InChI is InChI=1S/C30H39N2O2/c1-29-14-12-23(33)18-22(29)8-9-24-25-10-11-28(30(25,2)15-13-26(24)29)32-17-16-31(20-32)19-27(34)21-6-4-3-5-7-21/h3-8,16-17,20,23-26,28,33H,9-15,18-19H2,1-2H3/q+1/t23-,24-,25-,26-,28-,29-,30-/m0/s1. The van der Waals surface area contributed by atoms with Crippen LogP contribution in [0.25, 0.3) is 0 Å². The Hall–Kier alpha value is -2.20. The number of carbonyl (C=O) groups is 1. The third-order valence-corrected chi connectivity index (χ3v) is 10.5. The largest absolute Gasteiger partial charge is 0.393 e. The molecule has 7 atom stereocenters. The van der Waals surface area contributed by atoms with Crippen LogP contribution >= 0.6 is 0 Å². The molecule has 4 heteroatoms. The van der Waals surface area contributed by atoms with Gasteiger partial charge in [-0.1, -0.05) is 55.8 Å². The minimum Gasteiger partial charge on any atom is -0.393 e. The van der Waals surface area contributed by atoms with Crippen LogP contribution in [0.1, 0.15) is 81.6 Å². The number of benzene rings is 1. The topological polar surface area (TPSA) is 46.1 Å². The molecule has 4 aliphatic rings. The molecule has 1 aromatic heterocycles. The normalized spacial score (nSPS) is 39.0. The van der Waals surface area contributed by atoms with E-state index < -0.39 is 0 Å². The van der Waals surface area contributed by atoms with Crippen LogP contribution in [0, 0.1) is 28.6 Å². The molecule has 1 N–H and O–H groups in total. The molecule has 0 bridgehead atoms.